The molecule has 0 spiro atoms. The van der Waals surface area contributed by atoms with E-state index in [4.69, 9.17) is 9.51 Å². The number of aromatic nitrogens is 4. The molecule has 5 rings (SSSR count). The van der Waals surface area contributed by atoms with Gasteiger partial charge in [0.15, 0.2) is 0 Å². The largest absolute Gasteiger partial charge is 0.364 e. The lowest BCUT2D eigenvalue weighted by atomic mass is 9.95. The molecule has 1 aliphatic carbocycles. The van der Waals surface area contributed by atoms with Crippen LogP contribution in [-0.4, -0.2) is 19.7 Å². The highest BCUT2D eigenvalue weighted by atomic mass is 16.5. The third-order valence-electron chi connectivity index (χ3n) is 5.81. The molecule has 1 aromatic carbocycles. The highest BCUT2D eigenvalue weighted by molar-refractivity contribution is 5.98. The lowest BCUT2D eigenvalue weighted by Gasteiger charge is -2.11. The van der Waals surface area contributed by atoms with Gasteiger partial charge in [0.25, 0.3) is 0 Å². The molecule has 1 N–H and O–H groups in total. The van der Waals surface area contributed by atoms with Crippen molar-refractivity contribution in [2.24, 2.45) is 7.05 Å². The van der Waals surface area contributed by atoms with Gasteiger partial charge in [-0.25, -0.2) is 4.98 Å². The zero-order chi connectivity index (χ0) is 18.9. The predicted molar refractivity (Wildman–Crippen MR) is 107 cm³/mol. The number of H-pyrrole nitrogens is 1. The van der Waals surface area contributed by atoms with E-state index < -0.39 is 0 Å². The van der Waals surface area contributed by atoms with Crippen LogP contribution in [0.2, 0.25) is 0 Å². The topological polar surface area (TPSA) is 59.6 Å². The predicted octanol–water partition coefficient (Wildman–Crippen LogP) is 5.33. The fraction of sp³-hybridized carbons (Fsp3) is 0.364. The van der Waals surface area contributed by atoms with Crippen LogP contribution in [-0.2, 0) is 7.05 Å². The van der Waals surface area contributed by atoms with Crippen LogP contribution in [0.4, 0.5) is 0 Å². The summed E-state index contributed by atoms with van der Waals surface area (Å²) in [6.45, 7) is 8.26. The van der Waals surface area contributed by atoms with E-state index in [1.165, 1.54) is 46.6 Å². The number of benzene rings is 1. The minimum Gasteiger partial charge on any atom is -0.364 e. The molecule has 5 nitrogen and oxygen atoms in total. The van der Waals surface area contributed by atoms with Crippen molar-refractivity contribution >= 4 is 11.0 Å². The van der Waals surface area contributed by atoms with Gasteiger partial charge in [0.05, 0.1) is 16.7 Å². The molecular formula is C22H24N4O. The molecule has 138 valence electrons. The molecule has 0 atom stereocenters. The Morgan fingerprint density at radius 1 is 1.11 bits per heavy atom. The minimum absolute atomic E-state index is 0.603. The Morgan fingerprint density at radius 2 is 1.89 bits per heavy atom. The minimum atomic E-state index is 0.603. The average molecular weight is 360 g/mol. The average Bonchev–Trinajstić information content (AvgIpc) is 3.24. The van der Waals surface area contributed by atoms with E-state index in [1.807, 2.05) is 13.8 Å². The Labute approximate surface area is 158 Å². The molecule has 0 amide bonds. The van der Waals surface area contributed by atoms with Crippen LogP contribution in [0.5, 0.6) is 0 Å². The third-order valence-corrected chi connectivity index (χ3v) is 5.81. The molecule has 0 bridgehead atoms. The lowest BCUT2D eigenvalue weighted by Crippen LogP contribution is -1.97. The Hall–Kier alpha value is -2.82. The molecule has 1 aliphatic rings. The van der Waals surface area contributed by atoms with E-state index in [-0.39, 0.29) is 0 Å². The molecule has 0 saturated heterocycles. The third kappa shape index (κ3) is 2.37. The lowest BCUT2D eigenvalue weighted by molar-refractivity contribution is 0.393. The van der Waals surface area contributed by atoms with Gasteiger partial charge in [-0.2, -0.15) is 0 Å². The molecule has 0 radical (unpaired) electrons. The van der Waals surface area contributed by atoms with Crippen molar-refractivity contribution in [3.8, 4) is 22.3 Å². The summed E-state index contributed by atoms with van der Waals surface area (Å²) >= 11 is 0. The second-order valence-corrected chi connectivity index (χ2v) is 7.87. The molecule has 3 aromatic heterocycles. The summed E-state index contributed by atoms with van der Waals surface area (Å²) in [5.41, 5.74) is 10.3. The van der Waals surface area contributed by atoms with Gasteiger partial charge in [0.2, 0.25) is 0 Å². The maximum atomic E-state index is 5.44. The number of hydrogen-bond acceptors (Lipinski definition) is 3. The fourth-order valence-electron chi connectivity index (χ4n) is 4.38. The monoisotopic (exact) mass is 360 g/mol. The van der Waals surface area contributed by atoms with Crippen LogP contribution in [0.25, 0.3) is 33.3 Å². The summed E-state index contributed by atoms with van der Waals surface area (Å²) in [5, 5.41) is 4.15. The molecule has 1 fully saturated rings. The normalized spacial score (nSPS) is 14.4. The van der Waals surface area contributed by atoms with Gasteiger partial charge in [-0.3, -0.25) is 0 Å². The number of aromatic amines is 1. The van der Waals surface area contributed by atoms with Gasteiger partial charge in [0, 0.05) is 41.5 Å². The molecule has 0 aliphatic heterocycles. The van der Waals surface area contributed by atoms with Crippen molar-refractivity contribution in [3.05, 3.63) is 46.9 Å². The van der Waals surface area contributed by atoms with Crippen molar-refractivity contribution in [1.29, 1.82) is 0 Å². The van der Waals surface area contributed by atoms with Gasteiger partial charge in [-0.1, -0.05) is 5.16 Å². The fourth-order valence-corrected chi connectivity index (χ4v) is 4.38. The summed E-state index contributed by atoms with van der Waals surface area (Å²) in [5.74, 6) is 2.65. The van der Waals surface area contributed by atoms with Crippen LogP contribution in [0.3, 0.4) is 0 Å². The summed E-state index contributed by atoms with van der Waals surface area (Å²) in [4.78, 5) is 8.41. The molecular weight excluding hydrogens is 336 g/mol. The highest BCUT2D eigenvalue weighted by Gasteiger charge is 2.30. The number of aryl methyl sites for hydroxylation is 5. The van der Waals surface area contributed by atoms with Gasteiger partial charge in [0.1, 0.15) is 11.6 Å². The van der Waals surface area contributed by atoms with E-state index in [0.29, 0.717) is 5.92 Å². The molecule has 27 heavy (non-hydrogen) atoms. The van der Waals surface area contributed by atoms with Crippen molar-refractivity contribution in [3.63, 3.8) is 0 Å². The SMILES string of the molecule is Cc1c[nH]c(C)c1-c1cc(-c2c(C)noc2C)cc2nc(C3CC3)n(C)c12. The standard InChI is InChI=1S/C22H24N4O/c1-11-10-23-12(2)19(11)17-8-16(20-13(3)25-27-14(20)4)9-18-21(17)26(5)22(24-18)15-6-7-15/h8-10,15,23H,6-7H2,1-5H3. The second kappa shape index (κ2) is 5.59. The number of nitrogens with one attached hydrogen (secondary N) is 1. The first-order valence-corrected chi connectivity index (χ1v) is 9.54. The number of hydrogen-bond donors (Lipinski definition) is 1. The number of rotatable bonds is 3. The van der Waals surface area contributed by atoms with E-state index in [2.05, 4.69) is 53.9 Å². The summed E-state index contributed by atoms with van der Waals surface area (Å²) in [6.07, 6.45) is 4.56. The summed E-state index contributed by atoms with van der Waals surface area (Å²) < 4.78 is 7.73. The van der Waals surface area contributed by atoms with Gasteiger partial charge in [-0.05, 0) is 63.8 Å². The quantitative estimate of drug-likeness (QED) is 0.537. The van der Waals surface area contributed by atoms with Crippen molar-refractivity contribution in [2.45, 2.75) is 46.5 Å². The smallest absolute Gasteiger partial charge is 0.141 e. The summed E-state index contributed by atoms with van der Waals surface area (Å²) in [6, 6.07) is 4.46. The van der Waals surface area contributed by atoms with E-state index >= 15 is 0 Å². The van der Waals surface area contributed by atoms with Crippen LogP contribution >= 0.6 is 0 Å². The van der Waals surface area contributed by atoms with Gasteiger partial charge >= 0.3 is 0 Å². The van der Waals surface area contributed by atoms with Crippen LogP contribution in [0, 0.1) is 27.7 Å². The molecule has 1 saturated carbocycles. The van der Waals surface area contributed by atoms with Crippen LogP contribution in [0.1, 0.15) is 47.3 Å². The number of imidazole rings is 1. The Morgan fingerprint density at radius 3 is 2.48 bits per heavy atom. The van der Waals surface area contributed by atoms with E-state index in [0.717, 1.165) is 28.1 Å². The van der Waals surface area contributed by atoms with Crippen LogP contribution < -0.4 is 0 Å². The Balaban J connectivity index is 1.88. The maximum Gasteiger partial charge on any atom is 0.141 e. The Bertz CT molecular complexity index is 1150. The van der Waals surface area contributed by atoms with Crippen molar-refractivity contribution in [1.82, 2.24) is 19.7 Å². The first-order valence-electron chi connectivity index (χ1n) is 9.54. The van der Waals surface area contributed by atoms with Crippen molar-refractivity contribution in [2.75, 3.05) is 0 Å². The Kier molecular flexibility index (Phi) is 3.39. The molecule has 5 heteroatoms. The van der Waals surface area contributed by atoms with Gasteiger partial charge < -0.3 is 14.1 Å². The van der Waals surface area contributed by atoms with Crippen LogP contribution in [0.15, 0.2) is 22.9 Å². The van der Waals surface area contributed by atoms with E-state index in [9.17, 15) is 0 Å². The first-order chi connectivity index (χ1) is 13.0. The number of nitrogens with zero attached hydrogens (tertiary/aromatic N) is 3. The highest BCUT2D eigenvalue weighted by Crippen LogP contribution is 2.44. The zero-order valence-electron chi connectivity index (χ0n) is 16.5. The van der Waals surface area contributed by atoms with E-state index in [1.54, 1.807) is 0 Å². The first kappa shape index (κ1) is 16.4. The maximum absolute atomic E-state index is 5.44. The zero-order valence-corrected chi connectivity index (χ0v) is 16.5. The van der Waals surface area contributed by atoms with Gasteiger partial charge in [-0.15, -0.1) is 0 Å². The second-order valence-electron chi connectivity index (χ2n) is 7.87. The van der Waals surface area contributed by atoms with Crippen molar-refractivity contribution < 1.29 is 4.52 Å². The molecule has 0 unspecified atom stereocenters. The molecule has 3 heterocycles. The summed E-state index contributed by atoms with van der Waals surface area (Å²) in [7, 11) is 2.15. The number of fused-ring (bicyclic) bond motifs is 1. The molecule has 4 aromatic rings.